The van der Waals surface area contributed by atoms with Gasteiger partial charge in [-0.05, 0) is 37.0 Å². The molecule has 0 aromatic heterocycles. The maximum Gasteiger partial charge on any atom is 0.241 e. The van der Waals surface area contributed by atoms with Crippen molar-refractivity contribution in [3.63, 3.8) is 0 Å². The molecule has 1 heterocycles. The molecule has 5 atom stereocenters. The van der Waals surface area contributed by atoms with E-state index in [1.807, 2.05) is 11.9 Å². The van der Waals surface area contributed by atoms with Gasteiger partial charge in [0.1, 0.15) is 0 Å². The summed E-state index contributed by atoms with van der Waals surface area (Å²) in [6, 6.07) is -0.384. The first-order chi connectivity index (χ1) is 11.2. The van der Waals surface area contributed by atoms with Crippen LogP contribution in [-0.4, -0.2) is 53.2 Å². The van der Waals surface area contributed by atoms with Crippen molar-refractivity contribution in [1.29, 1.82) is 0 Å². The molecule has 2 fully saturated rings. The molecule has 2 rings (SSSR count). The average molecular weight is 339 g/mol. The maximum atomic E-state index is 12.8. The maximum absolute atomic E-state index is 12.8. The normalized spacial score (nSPS) is 34.9. The van der Waals surface area contributed by atoms with Crippen LogP contribution in [0.3, 0.4) is 0 Å². The van der Waals surface area contributed by atoms with E-state index in [-0.39, 0.29) is 30.1 Å². The highest BCUT2D eigenvalue weighted by Gasteiger charge is 2.55. The summed E-state index contributed by atoms with van der Waals surface area (Å²) < 4.78 is 0. The fourth-order valence-corrected chi connectivity index (χ4v) is 4.59. The first-order valence-corrected chi connectivity index (χ1v) is 9.15. The first kappa shape index (κ1) is 19.2. The van der Waals surface area contributed by atoms with Crippen LogP contribution in [0.4, 0.5) is 0 Å². The van der Waals surface area contributed by atoms with Crippen LogP contribution in [0.1, 0.15) is 53.4 Å². The fraction of sp³-hybridized carbons (Fsp3) is 0.889. The Morgan fingerprint density at radius 3 is 2.71 bits per heavy atom. The largest absolute Gasteiger partial charge is 0.391 e. The Balaban J connectivity index is 2.12. The van der Waals surface area contributed by atoms with Crippen molar-refractivity contribution in [2.45, 2.75) is 71.2 Å². The number of hydrogen-bond acceptors (Lipinski definition) is 4. The van der Waals surface area contributed by atoms with Crippen molar-refractivity contribution in [2.24, 2.45) is 17.8 Å². The van der Waals surface area contributed by atoms with Gasteiger partial charge in [0.15, 0.2) is 0 Å². The third kappa shape index (κ3) is 3.75. The van der Waals surface area contributed by atoms with E-state index < -0.39 is 6.10 Å². The summed E-state index contributed by atoms with van der Waals surface area (Å²) in [5, 5.41) is 16.3. The number of amides is 2. The number of aliphatic hydroxyl groups is 1. The van der Waals surface area contributed by atoms with Crippen LogP contribution >= 0.6 is 0 Å². The minimum Gasteiger partial charge on any atom is -0.391 e. The van der Waals surface area contributed by atoms with E-state index in [1.165, 1.54) is 13.3 Å². The molecule has 0 radical (unpaired) electrons. The van der Waals surface area contributed by atoms with Gasteiger partial charge in [0.25, 0.3) is 0 Å². The van der Waals surface area contributed by atoms with Crippen LogP contribution in [0, 0.1) is 17.8 Å². The van der Waals surface area contributed by atoms with E-state index in [9.17, 15) is 14.7 Å². The van der Waals surface area contributed by atoms with Crippen molar-refractivity contribution in [1.82, 2.24) is 15.5 Å². The zero-order chi connectivity index (χ0) is 18.1. The summed E-state index contributed by atoms with van der Waals surface area (Å²) in [7, 11) is 1.89. The van der Waals surface area contributed by atoms with Crippen molar-refractivity contribution in [3.8, 4) is 0 Å². The van der Waals surface area contributed by atoms with Gasteiger partial charge in [-0.1, -0.05) is 27.2 Å². The molecule has 24 heavy (non-hydrogen) atoms. The van der Waals surface area contributed by atoms with Gasteiger partial charge in [0, 0.05) is 20.5 Å². The Bertz CT molecular complexity index is 482. The quantitative estimate of drug-likeness (QED) is 0.700. The van der Waals surface area contributed by atoms with Crippen LogP contribution in [0.25, 0.3) is 0 Å². The molecule has 1 saturated heterocycles. The smallest absolute Gasteiger partial charge is 0.241 e. The molecule has 6 heteroatoms. The Hall–Kier alpha value is -1.14. The van der Waals surface area contributed by atoms with Crippen molar-refractivity contribution >= 4 is 11.8 Å². The van der Waals surface area contributed by atoms with Gasteiger partial charge in [0.2, 0.25) is 11.8 Å². The van der Waals surface area contributed by atoms with Crippen LogP contribution in [0.5, 0.6) is 0 Å². The second-order valence-electron chi connectivity index (χ2n) is 8.08. The topological polar surface area (TPSA) is 81.7 Å². The van der Waals surface area contributed by atoms with E-state index in [2.05, 4.69) is 31.4 Å². The molecule has 1 aliphatic carbocycles. The third-order valence-corrected chi connectivity index (χ3v) is 5.79. The summed E-state index contributed by atoms with van der Waals surface area (Å²) >= 11 is 0. The highest BCUT2D eigenvalue weighted by atomic mass is 16.3. The molecular formula is C18H33N3O3. The molecule has 0 unspecified atom stereocenters. The van der Waals surface area contributed by atoms with E-state index >= 15 is 0 Å². The Kier molecular flexibility index (Phi) is 5.91. The number of rotatable bonds is 5. The second-order valence-corrected chi connectivity index (χ2v) is 8.08. The first-order valence-electron chi connectivity index (χ1n) is 9.15. The van der Waals surface area contributed by atoms with Gasteiger partial charge in [0.05, 0.1) is 17.8 Å². The predicted octanol–water partition coefficient (Wildman–Crippen LogP) is 1.09. The summed E-state index contributed by atoms with van der Waals surface area (Å²) in [5.74, 6) is 1.36. The molecule has 6 nitrogen and oxygen atoms in total. The monoisotopic (exact) mass is 339 g/mol. The van der Waals surface area contributed by atoms with Crippen molar-refractivity contribution in [2.75, 3.05) is 13.6 Å². The Morgan fingerprint density at radius 2 is 2.12 bits per heavy atom. The molecule has 2 aliphatic rings. The summed E-state index contributed by atoms with van der Waals surface area (Å²) in [6.07, 6.45) is 2.87. The molecule has 2 amide bonds. The van der Waals surface area contributed by atoms with Crippen LogP contribution in [0.15, 0.2) is 0 Å². The summed E-state index contributed by atoms with van der Waals surface area (Å²) in [6.45, 7) is 8.30. The van der Waals surface area contributed by atoms with Gasteiger partial charge < -0.3 is 15.3 Å². The number of nitrogens with one attached hydrogen (secondary N) is 2. The van der Waals surface area contributed by atoms with E-state index in [1.54, 1.807) is 0 Å². The average Bonchev–Trinajstić information content (AvgIpc) is 2.70. The molecule has 1 aliphatic heterocycles. The lowest BCUT2D eigenvalue weighted by Crippen LogP contribution is -2.60. The van der Waals surface area contributed by atoms with Crippen LogP contribution in [-0.2, 0) is 9.59 Å². The zero-order valence-corrected chi connectivity index (χ0v) is 15.6. The van der Waals surface area contributed by atoms with Crippen LogP contribution in [0.2, 0.25) is 0 Å². The van der Waals surface area contributed by atoms with Gasteiger partial charge in [-0.3, -0.25) is 14.9 Å². The molecule has 1 saturated carbocycles. The minimum atomic E-state index is -0.725. The standard InChI is InChI=1S/C18H33N3O3/c1-11(2)15-7-6-12(3)9-18(15)20-16(17(24)21(18)5)8-14(23)10-19-13(4)22/h11-12,14-16,20,23H,6-10H2,1-5H3,(H,19,22)/t12-,14+,15+,16+,18-/m1/s1. The number of carbonyl (C=O) groups is 2. The number of carbonyl (C=O) groups excluding carboxylic acids is 2. The summed E-state index contributed by atoms with van der Waals surface area (Å²) in [5.41, 5.74) is -0.304. The van der Waals surface area contributed by atoms with Crippen molar-refractivity contribution in [3.05, 3.63) is 0 Å². The Morgan fingerprint density at radius 1 is 1.46 bits per heavy atom. The van der Waals surface area contributed by atoms with E-state index in [4.69, 9.17) is 0 Å². The number of likely N-dealkylation sites (N-methyl/N-ethyl adjacent to an activating group) is 1. The van der Waals surface area contributed by atoms with Gasteiger partial charge in [-0.25, -0.2) is 0 Å². The Labute approximate surface area is 145 Å². The SMILES string of the molecule is CC(=O)NC[C@@H](O)C[C@@H]1N[C@]2(C[C@H](C)CC[C@H]2C(C)C)N(C)C1=O. The highest BCUT2D eigenvalue weighted by molar-refractivity contribution is 5.85. The number of nitrogens with zero attached hydrogens (tertiary/aromatic N) is 1. The lowest BCUT2D eigenvalue weighted by Gasteiger charge is -2.49. The third-order valence-electron chi connectivity index (χ3n) is 5.79. The highest BCUT2D eigenvalue weighted by Crippen LogP contribution is 2.45. The predicted molar refractivity (Wildman–Crippen MR) is 93.1 cm³/mol. The summed E-state index contributed by atoms with van der Waals surface area (Å²) in [4.78, 5) is 25.7. The van der Waals surface area contributed by atoms with E-state index in [0.29, 0.717) is 24.2 Å². The van der Waals surface area contributed by atoms with E-state index in [0.717, 1.165) is 12.8 Å². The zero-order valence-electron chi connectivity index (χ0n) is 15.6. The molecule has 0 bridgehead atoms. The molecule has 138 valence electrons. The molecule has 0 aromatic rings. The second kappa shape index (κ2) is 7.40. The molecule has 1 spiro atoms. The van der Waals surface area contributed by atoms with Gasteiger partial charge in [-0.15, -0.1) is 0 Å². The number of aliphatic hydroxyl groups excluding tert-OH is 1. The number of hydrogen-bond donors (Lipinski definition) is 3. The minimum absolute atomic E-state index is 0.0524. The van der Waals surface area contributed by atoms with Gasteiger partial charge in [-0.2, -0.15) is 0 Å². The fourth-order valence-electron chi connectivity index (χ4n) is 4.59. The van der Waals surface area contributed by atoms with Crippen LogP contribution < -0.4 is 10.6 Å². The van der Waals surface area contributed by atoms with Gasteiger partial charge >= 0.3 is 0 Å². The lowest BCUT2D eigenvalue weighted by molar-refractivity contribution is -0.134. The van der Waals surface area contributed by atoms with Crippen molar-refractivity contribution < 1.29 is 14.7 Å². The molecule has 3 N–H and O–H groups in total. The lowest BCUT2D eigenvalue weighted by atomic mass is 9.69. The molecular weight excluding hydrogens is 306 g/mol. The molecule has 0 aromatic carbocycles.